The maximum atomic E-state index is 13.2. The van der Waals surface area contributed by atoms with Crippen LogP contribution in [-0.2, 0) is 11.3 Å². The first-order chi connectivity index (χ1) is 13.8. The SMILES string of the molecule is Cc1cccc([N+](=O)[O-])c1NC(=O)CN1CCN(Cc2ccc(F)cc2Cl)CC1. The van der Waals surface area contributed by atoms with Crippen LogP contribution in [0.1, 0.15) is 11.1 Å². The minimum absolute atomic E-state index is 0.112. The van der Waals surface area contributed by atoms with Gasteiger partial charge in [0.25, 0.3) is 5.69 Å². The van der Waals surface area contributed by atoms with Crippen LogP contribution in [0.5, 0.6) is 0 Å². The van der Waals surface area contributed by atoms with Gasteiger partial charge in [0.1, 0.15) is 11.5 Å². The standard InChI is InChI=1S/C20H22ClFN4O3/c1-14-3-2-4-18(26(28)29)20(14)23-19(27)13-25-9-7-24(8-10-25)12-15-5-6-16(22)11-17(15)21/h2-6,11H,7-10,12-13H2,1H3,(H,23,27). The lowest BCUT2D eigenvalue weighted by Crippen LogP contribution is -2.48. The normalized spacial score (nSPS) is 15.3. The summed E-state index contributed by atoms with van der Waals surface area (Å²) in [7, 11) is 0. The van der Waals surface area contributed by atoms with Gasteiger partial charge in [-0.3, -0.25) is 24.7 Å². The van der Waals surface area contributed by atoms with Crippen LogP contribution in [0.2, 0.25) is 5.02 Å². The van der Waals surface area contributed by atoms with E-state index >= 15 is 0 Å². The highest BCUT2D eigenvalue weighted by molar-refractivity contribution is 6.31. The minimum Gasteiger partial charge on any atom is -0.319 e. The van der Waals surface area contributed by atoms with Crippen molar-refractivity contribution < 1.29 is 14.1 Å². The molecular weight excluding hydrogens is 399 g/mol. The Hall–Kier alpha value is -2.55. The lowest BCUT2D eigenvalue weighted by atomic mass is 10.1. The maximum absolute atomic E-state index is 13.2. The number of para-hydroxylation sites is 1. The molecule has 154 valence electrons. The Morgan fingerprint density at radius 2 is 1.90 bits per heavy atom. The molecule has 0 saturated carbocycles. The van der Waals surface area contributed by atoms with E-state index in [-0.39, 0.29) is 29.6 Å². The molecule has 1 N–H and O–H groups in total. The van der Waals surface area contributed by atoms with E-state index in [4.69, 9.17) is 11.6 Å². The quantitative estimate of drug-likeness (QED) is 0.572. The predicted octanol–water partition coefficient (Wildman–Crippen LogP) is 3.45. The summed E-state index contributed by atoms with van der Waals surface area (Å²) in [4.78, 5) is 27.3. The van der Waals surface area contributed by atoms with Crippen molar-refractivity contribution in [2.24, 2.45) is 0 Å². The van der Waals surface area contributed by atoms with Crippen LogP contribution in [0.3, 0.4) is 0 Å². The Bertz CT molecular complexity index is 917. The van der Waals surface area contributed by atoms with E-state index in [0.29, 0.717) is 30.2 Å². The summed E-state index contributed by atoms with van der Waals surface area (Å²) in [6.45, 7) is 5.36. The van der Waals surface area contributed by atoms with Crippen molar-refractivity contribution in [1.29, 1.82) is 0 Å². The zero-order valence-electron chi connectivity index (χ0n) is 16.0. The number of amides is 1. The molecule has 0 aliphatic carbocycles. The number of anilines is 1. The molecule has 29 heavy (non-hydrogen) atoms. The Labute approximate surface area is 173 Å². The van der Waals surface area contributed by atoms with Gasteiger partial charge < -0.3 is 5.32 Å². The van der Waals surface area contributed by atoms with Crippen LogP contribution in [0, 0.1) is 22.9 Å². The molecule has 0 unspecified atom stereocenters. The van der Waals surface area contributed by atoms with E-state index in [1.165, 1.54) is 18.2 Å². The Kier molecular flexibility index (Phi) is 6.79. The number of piperazine rings is 1. The van der Waals surface area contributed by atoms with E-state index < -0.39 is 4.92 Å². The van der Waals surface area contributed by atoms with Crippen molar-refractivity contribution in [2.75, 3.05) is 38.0 Å². The molecule has 0 radical (unpaired) electrons. The molecule has 1 saturated heterocycles. The Balaban J connectivity index is 1.52. The first-order valence-corrected chi connectivity index (χ1v) is 9.64. The third-order valence-corrected chi connectivity index (χ3v) is 5.30. The smallest absolute Gasteiger partial charge is 0.293 e. The van der Waals surface area contributed by atoms with Crippen molar-refractivity contribution in [3.8, 4) is 0 Å². The number of nitrogens with one attached hydrogen (secondary N) is 1. The molecule has 1 fully saturated rings. The van der Waals surface area contributed by atoms with Gasteiger partial charge in [-0.05, 0) is 30.2 Å². The number of aryl methyl sites for hydroxylation is 1. The fourth-order valence-electron chi connectivity index (χ4n) is 3.35. The Morgan fingerprint density at radius 1 is 1.21 bits per heavy atom. The van der Waals surface area contributed by atoms with E-state index in [9.17, 15) is 19.3 Å². The number of nitro groups is 1. The molecule has 3 rings (SSSR count). The number of halogens is 2. The summed E-state index contributed by atoms with van der Waals surface area (Å²) in [5.41, 5.74) is 1.64. The summed E-state index contributed by atoms with van der Waals surface area (Å²) in [6, 6.07) is 9.08. The molecule has 9 heteroatoms. The van der Waals surface area contributed by atoms with Gasteiger partial charge in [0.2, 0.25) is 5.91 Å². The van der Waals surface area contributed by atoms with Crippen molar-refractivity contribution in [1.82, 2.24) is 9.80 Å². The fraction of sp³-hybridized carbons (Fsp3) is 0.350. The van der Waals surface area contributed by atoms with E-state index in [2.05, 4.69) is 10.2 Å². The second-order valence-corrected chi connectivity index (χ2v) is 7.47. The fourth-order valence-corrected chi connectivity index (χ4v) is 3.57. The van der Waals surface area contributed by atoms with Crippen molar-refractivity contribution in [3.63, 3.8) is 0 Å². The number of carbonyl (C=O) groups is 1. The molecule has 0 atom stereocenters. The van der Waals surface area contributed by atoms with Crippen LogP contribution in [0.4, 0.5) is 15.8 Å². The maximum Gasteiger partial charge on any atom is 0.293 e. The number of benzene rings is 2. The second-order valence-electron chi connectivity index (χ2n) is 7.06. The van der Waals surface area contributed by atoms with Gasteiger partial charge in [0.15, 0.2) is 0 Å². The molecule has 0 bridgehead atoms. The number of hydrogen-bond donors (Lipinski definition) is 1. The van der Waals surface area contributed by atoms with E-state index in [1.54, 1.807) is 25.1 Å². The summed E-state index contributed by atoms with van der Waals surface area (Å²) in [5.74, 6) is -0.638. The lowest BCUT2D eigenvalue weighted by Gasteiger charge is -2.34. The second kappa shape index (κ2) is 9.30. The van der Waals surface area contributed by atoms with Gasteiger partial charge in [-0.1, -0.05) is 29.8 Å². The predicted molar refractivity (Wildman–Crippen MR) is 110 cm³/mol. The summed E-state index contributed by atoms with van der Waals surface area (Å²) in [6.07, 6.45) is 0. The van der Waals surface area contributed by atoms with Crippen LogP contribution in [0.15, 0.2) is 36.4 Å². The molecule has 1 aliphatic heterocycles. The third kappa shape index (κ3) is 5.50. The van der Waals surface area contributed by atoms with E-state index in [1.807, 2.05) is 4.90 Å². The van der Waals surface area contributed by atoms with Crippen LogP contribution >= 0.6 is 11.6 Å². The van der Waals surface area contributed by atoms with E-state index in [0.717, 1.165) is 18.7 Å². The average molecular weight is 421 g/mol. The summed E-state index contributed by atoms with van der Waals surface area (Å²) in [5, 5.41) is 14.3. The van der Waals surface area contributed by atoms with Crippen molar-refractivity contribution >= 4 is 28.9 Å². The monoisotopic (exact) mass is 420 g/mol. The number of hydrogen-bond acceptors (Lipinski definition) is 5. The number of nitro benzene ring substituents is 1. The van der Waals surface area contributed by atoms with Crippen LogP contribution in [-0.4, -0.2) is 53.4 Å². The summed E-state index contributed by atoms with van der Waals surface area (Å²) >= 11 is 6.09. The average Bonchev–Trinajstić information content (AvgIpc) is 2.67. The minimum atomic E-state index is -0.498. The molecule has 1 aliphatic rings. The number of carbonyl (C=O) groups excluding carboxylic acids is 1. The highest BCUT2D eigenvalue weighted by Gasteiger charge is 2.22. The number of nitrogens with zero attached hydrogens (tertiary/aromatic N) is 3. The highest BCUT2D eigenvalue weighted by Crippen LogP contribution is 2.27. The highest BCUT2D eigenvalue weighted by atomic mass is 35.5. The molecule has 2 aromatic rings. The number of rotatable bonds is 6. The molecule has 1 amide bonds. The van der Waals surface area contributed by atoms with Gasteiger partial charge in [-0.15, -0.1) is 0 Å². The van der Waals surface area contributed by atoms with Crippen molar-refractivity contribution in [2.45, 2.75) is 13.5 Å². The van der Waals surface area contributed by atoms with Gasteiger partial charge in [0.05, 0.1) is 11.5 Å². The van der Waals surface area contributed by atoms with Crippen molar-refractivity contribution in [3.05, 3.63) is 68.5 Å². The molecular formula is C20H22ClFN4O3. The largest absolute Gasteiger partial charge is 0.319 e. The Morgan fingerprint density at radius 3 is 2.55 bits per heavy atom. The lowest BCUT2D eigenvalue weighted by molar-refractivity contribution is -0.384. The first kappa shape index (κ1) is 21.2. The zero-order chi connectivity index (χ0) is 21.0. The van der Waals surface area contributed by atoms with Gasteiger partial charge in [0, 0.05) is 43.8 Å². The third-order valence-electron chi connectivity index (χ3n) is 4.95. The molecule has 0 aromatic heterocycles. The zero-order valence-corrected chi connectivity index (χ0v) is 16.8. The summed E-state index contributed by atoms with van der Waals surface area (Å²) < 4.78 is 13.2. The molecule has 2 aromatic carbocycles. The van der Waals surface area contributed by atoms with Crippen LogP contribution in [0.25, 0.3) is 0 Å². The molecule has 7 nitrogen and oxygen atoms in total. The van der Waals surface area contributed by atoms with Gasteiger partial charge in [-0.2, -0.15) is 0 Å². The first-order valence-electron chi connectivity index (χ1n) is 9.26. The van der Waals surface area contributed by atoms with Gasteiger partial charge >= 0.3 is 0 Å². The topological polar surface area (TPSA) is 78.7 Å². The van der Waals surface area contributed by atoms with Crippen LogP contribution < -0.4 is 5.32 Å². The molecule has 0 spiro atoms. The molecule has 1 heterocycles. The van der Waals surface area contributed by atoms with Gasteiger partial charge in [-0.25, -0.2) is 4.39 Å².